The Labute approximate surface area is 120 Å². The normalized spacial score (nSPS) is 24.9. The van der Waals surface area contributed by atoms with Gasteiger partial charge >= 0.3 is 0 Å². The van der Waals surface area contributed by atoms with Crippen molar-refractivity contribution in [3.8, 4) is 0 Å². The largest absolute Gasteiger partial charge is 0.378 e. The highest BCUT2D eigenvalue weighted by Crippen LogP contribution is 2.21. The molecule has 0 bridgehead atoms. The van der Waals surface area contributed by atoms with Crippen LogP contribution in [0.5, 0.6) is 0 Å². The molecule has 1 aromatic heterocycles. The maximum absolute atomic E-state index is 5.61. The summed E-state index contributed by atoms with van der Waals surface area (Å²) in [5, 5.41) is 3.70. The summed E-state index contributed by atoms with van der Waals surface area (Å²) < 4.78 is 7.80. The van der Waals surface area contributed by atoms with Crippen LogP contribution in [-0.2, 0) is 11.8 Å². The number of benzene rings is 1. The average molecular weight is 273 g/mol. The Morgan fingerprint density at radius 3 is 2.95 bits per heavy atom. The second-order valence-corrected chi connectivity index (χ2v) is 5.81. The van der Waals surface area contributed by atoms with Crippen molar-refractivity contribution in [3.05, 3.63) is 30.1 Å². The van der Waals surface area contributed by atoms with Crippen molar-refractivity contribution in [2.45, 2.75) is 44.9 Å². The summed E-state index contributed by atoms with van der Waals surface area (Å²) in [6, 6.07) is 9.07. The van der Waals surface area contributed by atoms with E-state index in [2.05, 4.69) is 49.0 Å². The van der Waals surface area contributed by atoms with Gasteiger partial charge in [-0.1, -0.05) is 12.1 Å². The molecule has 20 heavy (non-hydrogen) atoms. The van der Waals surface area contributed by atoms with Gasteiger partial charge in [0.1, 0.15) is 5.82 Å². The lowest BCUT2D eigenvalue weighted by Crippen LogP contribution is -2.39. The first-order chi connectivity index (χ1) is 9.65. The maximum Gasteiger partial charge on any atom is 0.126 e. The average Bonchev–Trinajstić information content (AvgIpc) is 2.77. The molecule has 3 atom stereocenters. The van der Waals surface area contributed by atoms with Crippen LogP contribution in [0.1, 0.15) is 38.6 Å². The smallest absolute Gasteiger partial charge is 0.126 e. The number of nitrogens with one attached hydrogen (secondary N) is 1. The van der Waals surface area contributed by atoms with Crippen LogP contribution in [0.3, 0.4) is 0 Å². The first kappa shape index (κ1) is 13.6. The summed E-state index contributed by atoms with van der Waals surface area (Å²) in [6.07, 6.45) is 2.52. The molecule has 4 nitrogen and oxygen atoms in total. The quantitative estimate of drug-likeness (QED) is 0.934. The molecule has 2 aromatic rings. The van der Waals surface area contributed by atoms with Crippen LogP contribution in [0.25, 0.3) is 11.0 Å². The van der Waals surface area contributed by atoms with E-state index < -0.39 is 0 Å². The highest BCUT2D eigenvalue weighted by molar-refractivity contribution is 5.75. The maximum atomic E-state index is 5.61. The fourth-order valence-electron chi connectivity index (χ4n) is 3.13. The zero-order valence-corrected chi connectivity index (χ0v) is 12.5. The summed E-state index contributed by atoms with van der Waals surface area (Å²) in [4.78, 5) is 4.77. The van der Waals surface area contributed by atoms with Crippen molar-refractivity contribution >= 4 is 11.0 Å². The zero-order chi connectivity index (χ0) is 14.1. The van der Waals surface area contributed by atoms with Crippen LogP contribution in [0.15, 0.2) is 24.3 Å². The number of nitrogens with zero attached hydrogens (tertiary/aromatic N) is 2. The molecule has 0 amide bonds. The Morgan fingerprint density at radius 2 is 2.20 bits per heavy atom. The topological polar surface area (TPSA) is 39.1 Å². The van der Waals surface area contributed by atoms with Crippen LogP contribution >= 0.6 is 0 Å². The zero-order valence-electron chi connectivity index (χ0n) is 12.5. The predicted molar refractivity (Wildman–Crippen MR) is 80.7 cm³/mol. The van der Waals surface area contributed by atoms with Crippen molar-refractivity contribution in [1.82, 2.24) is 14.9 Å². The number of ether oxygens (including phenoxy) is 1. The van der Waals surface area contributed by atoms with Crippen molar-refractivity contribution in [2.75, 3.05) is 6.61 Å². The molecule has 3 rings (SSSR count). The fraction of sp³-hybridized carbons (Fsp3) is 0.562. The third kappa shape index (κ3) is 2.58. The molecule has 1 aliphatic heterocycles. The van der Waals surface area contributed by atoms with Crippen molar-refractivity contribution in [3.63, 3.8) is 0 Å². The van der Waals surface area contributed by atoms with E-state index in [0.717, 1.165) is 30.8 Å². The number of imidazole rings is 1. The minimum absolute atomic E-state index is 0.252. The summed E-state index contributed by atoms with van der Waals surface area (Å²) in [7, 11) is 2.09. The highest BCUT2D eigenvalue weighted by Gasteiger charge is 2.23. The van der Waals surface area contributed by atoms with E-state index >= 15 is 0 Å². The van der Waals surface area contributed by atoms with Crippen molar-refractivity contribution in [2.24, 2.45) is 7.05 Å². The second kappa shape index (κ2) is 5.54. The number of aryl methyl sites for hydroxylation is 1. The van der Waals surface area contributed by atoms with Gasteiger partial charge in [-0.05, 0) is 38.8 Å². The van der Waals surface area contributed by atoms with Gasteiger partial charge in [0.25, 0.3) is 0 Å². The number of para-hydroxylation sites is 2. The standard InChI is InChI=1S/C16H23N3O/c1-11-10-13(8-9-20-11)17-12(2)16-18-14-6-4-5-7-15(14)19(16)3/h4-7,11-13,17H,8-10H2,1-3H3. The Bertz CT molecular complexity index is 592. The van der Waals surface area contributed by atoms with E-state index in [4.69, 9.17) is 9.72 Å². The van der Waals surface area contributed by atoms with Gasteiger partial charge in [0.2, 0.25) is 0 Å². The molecular formula is C16H23N3O. The van der Waals surface area contributed by atoms with Crippen LogP contribution in [0, 0.1) is 0 Å². The number of hydrogen-bond donors (Lipinski definition) is 1. The molecule has 1 aromatic carbocycles. The molecule has 108 valence electrons. The molecule has 0 spiro atoms. The van der Waals surface area contributed by atoms with Crippen LogP contribution < -0.4 is 5.32 Å². The van der Waals surface area contributed by atoms with Gasteiger partial charge in [0.15, 0.2) is 0 Å². The molecule has 1 fully saturated rings. The second-order valence-electron chi connectivity index (χ2n) is 5.81. The highest BCUT2D eigenvalue weighted by atomic mass is 16.5. The van der Waals surface area contributed by atoms with Crippen LogP contribution in [0.2, 0.25) is 0 Å². The van der Waals surface area contributed by atoms with E-state index in [-0.39, 0.29) is 6.04 Å². The Balaban J connectivity index is 1.78. The number of aromatic nitrogens is 2. The van der Waals surface area contributed by atoms with Gasteiger partial charge in [-0.2, -0.15) is 0 Å². The van der Waals surface area contributed by atoms with E-state index in [1.165, 1.54) is 5.52 Å². The molecule has 0 aliphatic carbocycles. The van der Waals surface area contributed by atoms with Gasteiger partial charge in [0, 0.05) is 19.7 Å². The lowest BCUT2D eigenvalue weighted by atomic mass is 10.0. The van der Waals surface area contributed by atoms with Crippen molar-refractivity contribution < 1.29 is 4.74 Å². The van der Waals surface area contributed by atoms with E-state index in [1.807, 2.05) is 6.07 Å². The van der Waals surface area contributed by atoms with Gasteiger partial charge in [-0.3, -0.25) is 0 Å². The molecule has 4 heteroatoms. The van der Waals surface area contributed by atoms with Crippen molar-refractivity contribution in [1.29, 1.82) is 0 Å². The molecule has 2 heterocycles. The Kier molecular flexibility index (Phi) is 3.76. The molecule has 1 aliphatic rings. The van der Waals surface area contributed by atoms with Crippen LogP contribution in [-0.4, -0.2) is 28.3 Å². The monoisotopic (exact) mass is 273 g/mol. The summed E-state index contributed by atoms with van der Waals surface area (Å²) in [5.41, 5.74) is 2.26. The minimum atomic E-state index is 0.252. The van der Waals surface area contributed by atoms with Gasteiger partial charge in [-0.15, -0.1) is 0 Å². The predicted octanol–water partition coefficient (Wildman–Crippen LogP) is 2.79. The van der Waals surface area contributed by atoms with E-state index in [1.54, 1.807) is 0 Å². The van der Waals surface area contributed by atoms with Gasteiger partial charge in [-0.25, -0.2) is 4.98 Å². The molecule has 3 unspecified atom stereocenters. The van der Waals surface area contributed by atoms with Gasteiger partial charge in [0.05, 0.1) is 23.2 Å². The minimum Gasteiger partial charge on any atom is -0.378 e. The summed E-state index contributed by atoms with van der Waals surface area (Å²) >= 11 is 0. The lowest BCUT2D eigenvalue weighted by Gasteiger charge is -2.30. The van der Waals surface area contributed by atoms with Crippen LogP contribution in [0.4, 0.5) is 0 Å². The number of rotatable bonds is 3. The number of fused-ring (bicyclic) bond motifs is 1. The fourth-order valence-corrected chi connectivity index (χ4v) is 3.13. The summed E-state index contributed by atoms with van der Waals surface area (Å²) in [5.74, 6) is 1.10. The third-order valence-electron chi connectivity index (χ3n) is 4.18. The van der Waals surface area contributed by atoms with E-state index in [0.29, 0.717) is 12.1 Å². The summed E-state index contributed by atoms with van der Waals surface area (Å²) in [6.45, 7) is 5.20. The molecular weight excluding hydrogens is 250 g/mol. The molecule has 0 saturated carbocycles. The lowest BCUT2D eigenvalue weighted by molar-refractivity contribution is 0.0114. The first-order valence-corrected chi connectivity index (χ1v) is 7.44. The SMILES string of the molecule is CC1CC(NC(C)c2nc3ccccc3n2C)CCO1. The third-order valence-corrected chi connectivity index (χ3v) is 4.18. The number of hydrogen-bond acceptors (Lipinski definition) is 3. The molecule has 0 radical (unpaired) electrons. The Hall–Kier alpha value is -1.39. The molecule has 1 N–H and O–H groups in total. The van der Waals surface area contributed by atoms with E-state index in [9.17, 15) is 0 Å². The Morgan fingerprint density at radius 1 is 1.40 bits per heavy atom. The van der Waals surface area contributed by atoms with Gasteiger partial charge < -0.3 is 14.6 Å². The first-order valence-electron chi connectivity index (χ1n) is 7.44. The molecule has 1 saturated heterocycles.